The molecule has 0 aromatic heterocycles. The van der Waals surface area contributed by atoms with Crippen LogP contribution in [0.25, 0.3) is 0 Å². The van der Waals surface area contributed by atoms with Gasteiger partial charge in [0.15, 0.2) is 0 Å². The van der Waals surface area contributed by atoms with Crippen molar-refractivity contribution in [3.8, 4) is 0 Å². The lowest BCUT2D eigenvalue weighted by atomic mass is 9.64. The molecule has 2 rings (SSSR count). The molecule has 1 aliphatic rings. The predicted molar refractivity (Wildman–Crippen MR) is 92.7 cm³/mol. The van der Waals surface area contributed by atoms with Crippen molar-refractivity contribution in [1.29, 1.82) is 0 Å². The van der Waals surface area contributed by atoms with Gasteiger partial charge in [-0.25, -0.2) is 0 Å². The second-order valence-electron chi connectivity index (χ2n) is 7.25. The van der Waals surface area contributed by atoms with E-state index in [1.165, 1.54) is 51.4 Å². The average molecular weight is 287 g/mol. The first kappa shape index (κ1) is 16.5. The van der Waals surface area contributed by atoms with E-state index in [-0.39, 0.29) is 0 Å². The van der Waals surface area contributed by atoms with E-state index >= 15 is 0 Å². The van der Waals surface area contributed by atoms with Crippen molar-refractivity contribution in [2.75, 3.05) is 7.05 Å². The van der Waals surface area contributed by atoms with Crippen molar-refractivity contribution in [1.82, 2.24) is 5.32 Å². The van der Waals surface area contributed by atoms with Gasteiger partial charge in [-0.1, -0.05) is 76.3 Å². The van der Waals surface area contributed by atoms with Gasteiger partial charge in [-0.2, -0.15) is 0 Å². The molecule has 1 nitrogen and oxygen atoms in total. The monoisotopic (exact) mass is 287 g/mol. The van der Waals surface area contributed by atoms with Crippen molar-refractivity contribution in [2.24, 2.45) is 5.92 Å². The molecule has 1 fully saturated rings. The third-order valence-corrected chi connectivity index (χ3v) is 5.38. The summed E-state index contributed by atoms with van der Waals surface area (Å²) in [4.78, 5) is 0. The summed E-state index contributed by atoms with van der Waals surface area (Å²) in [7, 11) is 2.17. The predicted octanol–water partition coefficient (Wildman–Crippen LogP) is 5.30. The molecule has 1 unspecified atom stereocenters. The first-order valence-electron chi connectivity index (χ1n) is 8.92. The molecule has 118 valence electrons. The van der Waals surface area contributed by atoms with Crippen LogP contribution in [0.4, 0.5) is 0 Å². The minimum absolute atomic E-state index is 0.366. The fourth-order valence-electron chi connectivity index (χ4n) is 4.22. The van der Waals surface area contributed by atoms with Gasteiger partial charge in [-0.3, -0.25) is 0 Å². The quantitative estimate of drug-likeness (QED) is 0.717. The van der Waals surface area contributed by atoms with Crippen LogP contribution in [-0.2, 0) is 5.41 Å². The molecule has 0 bridgehead atoms. The van der Waals surface area contributed by atoms with Crippen LogP contribution in [0.1, 0.15) is 70.8 Å². The van der Waals surface area contributed by atoms with Crippen molar-refractivity contribution >= 4 is 0 Å². The third kappa shape index (κ3) is 4.10. The minimum atomic E-state index is 0.366. The Balaban J connectivity index is 2.17. The third-order valence-electron chi connectivity index (χ3n) is 5.38. The zero-order chi connectivity index (χ0) is 15.1. The molecular weight excluding hydrogens is 254 g/mol. The number of rotatable bonds is 7. The van der Waals surface area contributed by atoms with Crippen LogP contribution < -0.4 is 5.32 Å². The first-order chi connectivity index (χ1) is 10.2. The maximum atomic E-state index is 3.68. The fourth-order valence-corrected chi connectivity index (χ4v) is 4.22. The van der Waals surface area contributed by atoms with Gasteiger partial charge in [0.1, 0.15) is 0 Å². The van der Waals surface area contributed by atoms with Gasteiger partial charge in [-0.15, -0.1) is 0 Å². The van der Waals surface area contributed by atoms with Crippen LogP contribution in [0.15, 0.2) is 30.3 Å². The second kappa shape index (κ2) is 7.98. The molecule has 0 saturated heterocycles. The summed E-state index contributed by atoms with van der Waals surface area (Å²) >= 11 is 0. The van der Waals surface area contributed by atoms with Gasteiger partial charge >= 0.3 is 0 Å². The normalized spacial score (nSPS) is 19.6. The Labute approximate surface area is 131 Å². The summed E-state index contributed by atoms with van der Waals surface area (Å²) in [6, 6.07) is 11.9. The van der Waals surface area contributed by atoms with E-state index in [1.807, 2.05) is 0 Å². The molecule has 0 heterocycles. The van der Waals surface area contributed by atoms with Crippen LogP contribution in [0.2, 0.25) is 0 Å². The van der Waals surface area contributed by atoms with Crippen molar-refractivity contribution in [2.45, 2.75) is 76.7 Å². The lowest BCUT2D eigenvalue weighted by Gasteiger charge is -2.44. The highest BCUT2D eigenvalue weighted by molar-refractivity contribution is 5.28. The van der Waals surface area contributed by atoms with Crippen LogP contribution in [-0.4, -0.2) is 13.1 Å². The second-order valence-corrected chi connectivity index (χ2v) is 7.25. The largest absolute Gasteiger partial charge is 0.316 e. The molecule has 1 N–H and O–H groups in total. The molecule has 1 aromatic rings. The molecule has 21 heavy (non-hydrogen) atoms. The summed E-state index contributed by atoms with van der Waals surface area (Å²) in [5.41, 5.74) is 1.93. The van der Waals surface area contributed by atoms with E-state index in [1.54, 1.807) is 5.56 Å². The lowest BCUT2D eigenvalue weighted by Crippen LogP contribution is -2.48. The van der Waals surface area contributed by atoms with Gasteiger partial charge in [-0.05, 0) is 37.8 Å². The Bertz CT molecular complexity index is 390. The van der Waals surface area contributed by atoms with Gasteiger partial charge in [0.05, 0.1) is 0 Å². The Morgan fingerprint density at radius 2 is 1.67 bits per heavy atom. The van der Waals surface area contributed by atoms with E-state index in [9.17, 15) is 0 Å². The molecule has 1 aliphatic carbocycles. The number of nitrogens with one attached hydrogen (secondary N) is 1. The smallest absolute Gasteiger partial charge is 0.0161 e. The highest BCUT2D eigenvalue weighted by atomic mass is 14.9. The zero-order valence-corrected chi connectivity index (χ0v) is 14.2. The van der Waals surface area contributed by atoms with Crippen LogP contribution in [0.5, 0.6) is 0 Å². The summed E-state index contributed by atoms with van der Waals surface area (Å²) in [5.74, 6) is 0.821. The average Bonchev–Trinajstić information content (AvgIpc) is 2.53. The summed E-state index contributed by atoms with van der Waals surface area (Å²) in [6.45, 7) is 4.67. The highest BCUT2D eigenvalue weighted by Crippen LogP contribution is 2.43. The van der Waals surface area contributed by atoms with E-state index in [4.69, 9.17) is 0 Å². The SMILES string of the molecule is CNC(CCCC(C)C)C1(c2ccccc2)CCCCC1. The van der Waals surface area contributed by atoms with Crippen LogP contribution in [0.3, 0.4) is 0 Å². The van der Waals surface area contributed by atoms with E-state index in [2.05, 4.69) is 56.5 Å². The van der Waals surface area contributed by atoms with E-state index in [0.717, 1.165) is 5.92 Å². The molecule has 1 saturated carbocycles. The van der Waals surface area contributed by atoms with Crippen LogP contribution in [0, 0.1) is 5.92 Å². The van der Waals surface area contributed by atoms with Crippen LogP contribution >= 0.6 is 0 Å². The van der Waals surface area contributed by atoms with Crippen molar-refractivity contribution in [3.63, 3.8) is 0 Å². The summed E-state index contributed by atoms with van der Waals surface area (Å²) < 4.78 is 0. The maximum absolute atomic E-state index is 3.68. The van der Waals surface area contributed by atoms with Crippen molar-refractivity contribution < 1.29 is 0 Å². The standard InChI is InChI=1S/C20H33N/c1-17(2)11-10-14-19(21-3)20(15-8-5-9-16-20)18-12-6-4-7-13-18/h4,6-7,12-13,17,19,21H,5,8-11,14-16H2,1-3H3. The highest BCUT2D eigenvalue weighted by Gasteiger charge is 2.40. The Morgan fingerprint density at radius 1 is 1.00 bits per heavy atom. The number of benzene rings is 1. The fraction of sp³-hybridized carbons (Fsp3) is 0.700. The molecule has 0 amide bonds. The maximum Gasteiger partial charge on any atom is 0.0161 e. The van der Waals surface area contributed by atoms with Gasteiger partial charge in [0.25, 0.3) is 0 Å². The molecule has 1 aromatic carbocycles. The molecule has 0 radical (unpaired) electrons. The van der Waals surface area contributed by atoms with E-state index < -0.39 is 0 Å². The van der Waals surface area contributed by atoms with E-state index in [0.29, 0.717) is 11.5 Å². The molecule has 0 aliphatic heterocycles. The minimum Gasteiger partial charge on any atom is -0.316 e. The van der Waals surface area contributed by atoms with Crippen molar-refractivity contribution in [3.05, 3.63) is 35.9 Å². The summed E-state index contributed by atoms with van der Waals surface area (Å²) in [5, 5.41) is 3.68. The molecule has 1 heteroatoms. The molecule has 0 spiro atoms. The van der Waals surface area contributed by atoms with Gasteiger partial charge in [0.2, 0.25) is 0 Å². The van der Waals surface area contributed by atoms with Gasteiger partial charge in [0, 0.05) is 11.5 Å². The topological polar surface area (TPSA) is 12.0 Å². The molecular formula is C20H33N. The number of hydrogen-bond acceptors (Lipinski definition) is 1. The Hall–Kier alpha value is -0.820. The zero-order valence-electron chi connectivity index (χ0n) is 14.2. The number of hydrogen-bond donors (Lipinski definition) is 1. The molecule has 1 atom stereocenters. The Kier molecular flexibility index (Phi) is 6.29. The summed E-state index contributed by atoms with van der Waals surface area (Å²) in [6.07, 6.45) is 10.9. The first-order valence-corrected chi connectivity index (χ1v) is 8.92. The number of likely N-dealkylation sites (N-methyl/N-ethyl adjacent to an activating group) is 1. The van der Waals surface area contributed by atoms with Gasteiger partial charge < -0.3 is 5.32 Å². The Morgan fingerprint density at radius 3 is 2.24 bits per heavy atom. The lowest BCUT2D eigenvalue weighted by molar-refractivity contribution is 0.206.